The van der Waals surface area contributed by atoms with E-state index in [1.807, 2.05) is 12.1 Å². The molecule has 1 N–H and O–H groups in total. The second-order valence-corrected chi connectivity index (χ2v) is 6.73. The van der Waals surface area contributed by atoms with Crippen LogP contribution in [0.2, 0.25) is 0 Å². The van der Waals surface area contributed by atoms with Crippen LogP contribution in [0.5, 0.6) is 0 Å². The van der Waals surface area contributed by atoms with Crippen LogP contribution in [-0.2, 0) is 17.8 Å². The minimum atomic E-state index is -0.700. The van der Waals surface area contributed by atoms with Crippen LogP contribution in [-0.4, -0.2) is 39.2 Å². The molecule has 2 heterocycles. The van der Waals surface area contributed by atoms with Gasteiger partial charge in [0.15, 0.2) is 0 Å². The maximum absolute atomic E-state index is 10.9. The number of rotatable bonds is 6. The Morgan fingerprint density at radius 2 is 2.04 bits per heavy atom. The van der Waals surface area contributed by atoms with E-state index in [2.05, 4.69) is 34.1 Å². The van der Waals surface area contributed by atoms with Crippen LogP contribution < -0.4 is 0 Å². The van der Waals surface area contributed by atoms with Crippen LogP contribution in [0.25, 0.3) is 11.4 Å². The van der Waals surface area contributed by atoms with Crippen molar-refractivity contribution in [3.63, 3.8) is 0 Å². The van der Waals surface area contributed by atoms with E-state index in [9.17, 15) is 4.79 Å². The van der Waals surface area contributed by atoms with Gasteiger partial charge in [-0.2, -0.15) is 4.98 Å². The number of carbonyl (C=O) groups is 1. The fourth-order valence-electron chi connectivity index (χ4n) is 3.35. The van der Waals surface area contributed by atoms with Gasteiger partial charge in [-0.3, -0.25) is 9.69 Å². The fraction of sp³-hybridized carbons (Fsp3) is 0.526. The minimum Gasteiger partial charge on any atom is -0.481 e. The van der Waals surface area contributed by atoms with Crippen LogP contribution in [0.15, 0.2) is 28.8 Å². The molecule has 1 aromatic carbocycles. The van der Waals surface area contributed by atoms with E-state index >= 15 is 0 Å². The summed E-state index contributed by atoms with van der Waals surface area (Å²) in [5, 5.41) is 13.1. The second kappa shape index (κ2) is 9.69. The van der Waals surface area contributed by atoms with E-state index in [1.54, 1.807) is 0 Å². The Hall–Kier alpha value is -1.92. The minimum absolute atomic E-state index is 0. The number of hydrogen-bond donors (Lipinski definition) is 1. The maximum Gasteiger partial charge on any atom is 0.303 e. The van der Waals surface area contributed by atoms with Crippen molar-refractivity contribution in [3.05, 3.63) is 35.7 Å². The first-order chi connectivity index (χ1) is 12.1. The molecule has 142 valence electrons. The van der Waals surface area contributed by atoms with E-state index < -0.39 is 5.97 Å². The lowest BCUT2D eigenvalue weighted by atomic mass is 9.97. The highest BCUT2D eigenvalue weighted by Crippen LogP contribution is 2.22. The highest BCUT2D eigenvalue weighted by atomic mass is 35.5. The zero-order valence-corrected chi connectivity index (χ0v) is 15.9. The number of halogens is 1. The molecular formula is C19H26ClN3O3. The molecule has 1 unspecified atom stereocenters. The van der Waals surface area contributed by atoms with Crippen LogP contribution in [0, 0.1) is 5.92 Å². The monoisotopic (exact) mass is 379 g/mol. The van der Waals surface area contributed by atoms with Gasteiger partial charge in [0.05, 0.1) is 6.54 Å². The lowest BCUT2D eigenvalue weighted by molar-refractivity contribution is -0.138. The normalized spacial score (nSPS) is 18.1. The largest absolute Gasteiger partial charge is 0.481 e. The number of likely N-dealkylation sites (tertiary alicyclic amines) is 1. The Labute approximate surface area is 160 Å². The number of carboxylic acid groups (broad SMARTS) is 1. The molecule has 26 heavy (non-hydrogen) atoms. The lowest BCUT2D eigenvalue weighted by Gasteiger charge is -2.17. The highest BCUT2D eigenvalue weighted by molar-refractivity contribution is 5.85. The topological polar surface area (TPSA) is 79.5 Å². The molecule has 1 atom stereocenters. The molecule has 2 aromatic rings. The van der Waals surface area contributed by atoms with Gasteiger partial charge in [0.25, 0.3) is 0 Å². The molecule has 3 rings (SSSR count). The zero-order chi connectivity index (χ0) is 17.6. The molecule has 0 aliphatic carbocycles. The number of aliphatic carboxylic acids is 1. The summed E-state index contributed by atoms with van der Waals surface area (Å²) in [7, 11) is 0. The quantitative estimate of drug-likeness (QED) is 0.822. The van der Waals surface area contributed by atoms with Crippen molar-refractivity contribution in [1.29, 1.82) is 0 Å². The molecule has 0 saturated carbocycles. The Balaban J connectivity index is 0.00000243. The fourth-order valence-corrected chi connectivity index (χ4v) is 3.35. The standard InChI is InChI=1S/C19H25N3O3.ClH/c1-2-14-5-7-16(8-6-14)19-20-17(25-21-19)13-22-10-3-4-15(9-11-22)12-18(23)24;/h5-8,15H,2-4,9-13H2,1H3,(H,23,24);1H. The number of nitrogens with zero attached hydrogens (tertiary/aromatic N) is 3. The average Bonchev–Trinajstić information content (AvgIpc) is 2.96. The van der Waals surface area contributed by atoms with Crippen LogP contribution in [0.3, 0.4) is 0 Å². The smallest absolute Gasteiger partial charge is 0.303 e. The van der Waals surface area contributed by atoms with Gasteiger partial charge >= 0.3 is 5.97 Å². The summed E-state index contributed by atoms with van der Waals surface area (Å²) >= 11 is 0. The Morgan fingerprint density at radius 1 is 1.27 bits per heavy atom. The van der Waals surface area contributed by atoms with Gasteiger partial charge in [-0.1, -0.05) is 36.3 Å². The van der Waals surface area contributed by atoms with Gasteiger partial charge in [0.1, 0.15) is 0 Å². The number of hydrogen-bond acceptors (Lipinski definition) is 5. The summed E-state index contributed by atoms with van der Waals surface area (Å²) in [5.74, 6) is 0.814. The number of carboxylic acids is 1. The Morgan fingerprint density at radius 3 is 2.73 bits per heavy atom. The van der Waals surface area contributed by atoms with Crippen molar-refractivity contribution >= 4 is 18.4 Å². The number of aromatic nitrogens is 2. The molecule has 0 amide bonds. The van der Waals surface area contributed by atoms with Crippen LogP contribution in [0.4, 0.5) is 0 Å². The van der Waals surface area contributed by atoms with Gasteiger partial charge in [0, 0.05) is 12.0 Å². The van der Waals surface area contributed by atoms with Gasteiger partial charge in [-0.15, -0.1) is 12.4 Å². The molecule has 1 aliphatic rings. The number of benzene rings is 1. The Bertz CT molecular complexity index is 702. The molecule has 0 spiro atoms. The summed E-state index contributed by atoms with van der Waals surface area (Å²) in [6, 6.07) is 8.22. The van der Waals surface area contributed by atoms with Crippen LogP contribution >= 0.6 is 12.4 Å². The second-order valence-electron chi connectivity index (χ2n) is 6.73. The van der Waals surface area contributed by atoms with Gasteiger partial charge in [-0.05, 0) is 50.3 Å². The molecule has 7 heteroatoms. The molecule has 1 aliphatic heterocycles. The maximum atomic E-state index is 10.9. The van der Waals surface area contributed by atoms with E-state index in [1.165, 1.54) is 5.56 Å². The first kappa shape index (κ1) is 20.4. The molecule has 6 nitrogen and oxygen atoms in total. The van der Waals surface area contributed by atoms with Crippen molar-refractivity contribution in [2.45, 2.75) is 45.6 Å². The third-order valence-corrected chi connectivity index (χ3v) is 4.85. The van der Waals surface area contributed by atoms with Gasteiger partial charge < -0.3 is 9.63 Å². The van der Waals surface area contributed by atoms with Crippen molar-refractivity contribution in [1.82, 2.24) is 15.0 Å². The van der Waals surface area contributed by atoms with Crippen molar-refractivity contribution in [3.8, 4) is 11.4 Å². The predicted molar refractivity (Wildman–Crippen MR) is 101 cm³/mol. The SMILES string of the molecule is CCc1ccc(-c2noc(CN3CCCC(CC(=O)O)CC3)n2)cc1.Cl. The average molecular weight is 380 g/mol. The van der Waals surface area contributed by atoms with Gasteiger partial charge in [-0.25, -0.2) is 0 Å². The third kappa shape index (κ3) is 5.54. The first-order valence-electron chi connectivity index (χ1n) is 9.00. The summed E-state index contributed by atoms with van der Waals surface area (Å²) in [4.78, 5) is 17.7. The van der Waals surface area contributed by atoms with Crippen molar-refractivity contribution in [2.24, 2.45) is 5.92 Å². The lowest BCUT2D eigenvalue weighted by Crippen LogP contribution is -2.24. The molecule has 1 fully saturated rings. The summed E-state index contributed by atoms with van der Waals surface area (Å²) < 4.78 is 5.41. The molecule has 1 saturated heterocycles. The Kier molecular flexibility index (Phi) is 7.60. The van der Waals surface area contributed by atoms with Crippen LogP contribution in [0.1, 0.15) is 44.1 Å². The van der Waals surface area contributed by atoms with Gasteiger partial charge in [0.2, 0.25) is 11.7 Å². The first-order valence-corrected chi connectivity index (χ1v) is 9.00. The molecule has 0 bridgehead atoms. The third-order valence-electron chi connectivity index (χ3n) is 4.85. The van der Waals surface area contributed by atoms with Crippen molar-refractivity contribution < 1.29 is 14.4 Å². The van der Waals surface area contributed by atoms with E-state index in [4.69, 9.17) is 9.63 Å². The van der Waals surface area contributed by atoms with E-state index in [-0.39, 0.29) is 24.7 Å². The van der Waals surface area contributed by atoms with Crippen molar-refractivity contribution in [2.75, 3.05) is 13.1 Å². The summed E-state index contributed by atoms with van der Waals surface area (Å²) in [5.41, 5.74) is 2.25. The predicted octanol–water partition coefficient (Wildman–Crippen LogP) is 3.80. The summed E-state index contributed by atoms with van der Waals surface area (Å²) in [6.45, 7) is 4.57. The highest BCUT2D eigenvalue weighted by Gasteiger charge is 2.21. The van der Waals surface area contributed by atoms with E-state index in [0.717, 1.165) is 44.3 Å². The zero-order valence-electron chi connectivity index (χ0n) is 15.1. The molecular weight excluding hydrogens is 354 g/mol. The summed E-state index contributed by atoms with van der Waals surface area (Å²) in [6.07, 6.45) is 4.17. The number of aryl methyl sites for hydroxylation is 1. The van der Waals surface area contributed by atoms with E-state index in [0.29, 0.717) is 18.3 Å². The molecule has 1 aromatic heterocycles. The molecule has 0 radical (unpaired) electrons.